The number of rotatable bonds is 4. The molecule has 1 aliphatic rings. The quantitative estimate of drug-likeness (QED) is 0.774. The number of carbonyl (C=O) groups excluding carboxylic acids is 1. The number of aromatic amines is 1. The van der Waals surface area contributed by atoms with E-state index in [4.69, 9.17) is 0 Å². The van der Waals surface area contributed by atoms with E-state index in [2.05, 4.69) is 15.6 Å². The van der Waals surface area contributed by atoms with Gasteiger partial charge in [0.2, 0.25) is 5.91 Å². The van der Waals surface area contributed by atoms with Gasteiger partial charge in [-0.3, -0.25) is 4.79 Å². The Kier molecular flexibility index (Phi) is 3.21. The number of fused-ring (bicyclic) bond motifs is 1. The molecule has 1 amide bonds. The molecule has 4 nitrogen and oxygen atoms in total. The molecule has 2 aromatic rings. The molecule has 1 aliphatic heterocycles. The van der Waals surface area contributed by atoms with Crippen molar-refractivity contribution >= 4 is 16.8 Å². The summed E-state index contributed by atoms with van der Waals surface area (Å²) in [5.41, 5.74) is 1.89. The van der Waals surface area contributed by atoms with Gasteiger partial charge in [0, 0.05) is 36.7 Å². The van der Waals surface area contributed by atoms with Gasteiger partial charge in [-0.05, 0) is 30.2 Å². The lowest BCUT2D eigenvalue weighted by atomic mass is 10.0. The zero-order valence-corrected chi connectivity index (χ0v) is 10.5. The highest BCUT2D eigenvalue weighted by molar-refractivity contribution is 5.83. The Balaban J connectivity index is 1.60. The molecule has 19 heavy (non-hydrogen) atoms. The highest BCUT2D eigenvalue weighted by atomic mass is 19.1. The van der Waals surface area contributed by atoms with Gasteiger partial charge in [0.15, 0.2) is 0 Å². The van der Waals surface area contributed by atoms with Crippen LogP contribution < -0.4 is 10.6 Å². The predicted octanol–water partition coefficient (Wildman–Crippen LogP) is 1.19. The number of nitrogens with one attached hydrogen (secondary N) is 3. The van der Waals surface area contributed by atoms with Crippen molar-refractivity contribution in [2.75, 3.05) is 19.6 Å². The first-order valence-corrected chi connectivity index (χ1v) is 6.48. The summed E-state index contributed by atoms with van der Waals surface area (Å²) in [7, 11) is 0. The second kappa shape index (κ2) is 5.01. The first kappa shape index (κ1) is 12.2. The highest BCUT2D eigenvalue weighted by Gasteiger charge is 2.24. The maximum Gasteiger partial charge on any atom is 0.225 e. The van der Waals surface area contributed by atoms with Gasteiger partial charge in [0.25, 0.3) is 0 Å². The van der Waals surface area contributed by atoms with Crippen LogP contribution in [0, 0.1) is 11.7 Å². The average Bonchev–Trinajstić information content (AvgIpc) is 2.69. The number of hydrogen-bond acceptors (Lipinski definition) is 2. The molecular weight excluding hydrogens is 245 g/mol. The minimum absolute atomic E-state index is 0.115. The zero-order chi connectivity index (χ0) is 13.2. The largest absolute Gasteiger partial charge is 0.361 e. The molecule has 0 bridgehead atoms. The Morgan fingerprint density at radius 2 is 2.26 bits per heavy atom. The fraction of sp³-hybridized carbons (Fsp3) is 0.357. The Hall–Kier alpha value is -1.88. The molecule has 0 radical (unpaired) electrons. The van der Waals surface area contributed by atoms with Crippen LogP contribution >= 0.6 is 0 Å². The highest BCUT2D eigenvalue weighted by Crippen LogP contribution is 2.19. The second-order valence-electron chi connectivity index (χ2n) is 4.90. The molecule has 1 fully saturated rings. The topological polar surface area (TPSA) is 56.9 Å². The van der Waals surface area contributed by atoms with Crippen molar-refractivity contribution < 1.29 is 9.18 Å². The number of benzene rings is 1. The van der Waals surface area contributed by atoms with E-state index in [0.717, 1.165) is 36.0 Å². The van der Waals surface area contributed by atoms with Crippen LogP contribution in [0.3, 0.4) is 0 Å². The van der Waals surface area contributed by atoms with Crippen LogP contribution in [-0.2, 0) is 11.2 Å². The Morgan fingerprint density at radius 3 is 3.00 bits per heavy atom. The van der Waals surface area contributed by atoms with Crippen molar-refractivity contribution in [1.29, 1.82) is 0 Å². The third-order valence-electron chi connectivity index (χ3n) is 3.58. The third kappa shape index (κ3) is 2.46. The SMILES string of the molecule is O=C(NCCc1c[nH]c2cc(F)ccc12)C1CNC1. The molecule has 5 heteroatoms. The molecule has 100 valence electrons. The molecule has 1 saturated heterocycles. The zero-order valence-electron chi connectivity index (χ0n) is 10.5. The van der Waals surface area contributed by atoms with Crippen molar-refractivity contribution in [2.24, 2.45) is 5.92 Å². The van der Waals surface area contributed by atoms with Crippen LogP contribution in [0.1, 0.15) is 5.56 Å². The Morgan fingerprint density at radius 1 is 1.42 bits per heavy atom. The lowest BCUT2D eigenvalue weighted by molar-refractivity contribution is -0.126. The Labute approximate surface area is 110 Å². The van der Waals surface area contributed by atoms with Crippen LogP contribution in [0.25, 0.3) is 10.9 Å². The fourth-order valence-corrected chi connectivity index (χ4v) is 2.30. The number of amides is 1. The van der Waals surface area contributed by atoms with Gasteiger partial charge in [0.05, 0.1) is 5.92 Å². The van der Waals surface area contributed by atoms with E-state index in [0.29, 0.717) is 6.54 Å². The molecule has 0 spiro atoms. The van der Waals surface area contributed by atoms with Crippen molar-refractivity contribution in [3.63, 3.8) is 0 Å². The number of carbonyl (C=O) groups is 1. The van der Waals surface area contributed by atoms with Crippen LogP contribution in [0.2, 0.25) is 0 Å². The predicted molar refractivity (Wildman–Crippen MR) is 71.3 cm³/mol. The lowest BCUT2D eigenvalue weighted by Crippen LogP contribution is -2.51. The van der Waals surface area contributed by atoms with Gasteiger partial charge in [-0.1, -0.05) is 0 Å². The first-order chi connectivity index (χ1) is 9.24. The van der Waals surface area contributed by atoms with Crippen LogP contribution in [-0.4, -0.2) is 30.5 Å². The van der Waals surface area contributed by atoms with Gasteiger partial charge in [-0.25, -0.2) is 4.39 Å². The minimum Gasteiger partial charge on any atom is -0.361 e. The van der Waals surface area contributed by atoms with Gasteiger partial charge < -0.3 is 15.6 Å². The van der Waals surface area contributed by atoms with E-state index in [9.17, 15) is 9.18 Å². The molecule has 1 aromatic carbocycles. The molecule has 0 atom stereocenters. The maximum atomic E-state index is 13.1. The third-order valence-corrected chi connectivity index (χ3v) is 3.58. The number of halogens is 1. The van der Waals surface area contributed by atoms with E-state index >= 15 is 0 Å². The minimum atomic E-state index is -0.244. The van der Waals surface area contributed by atoms with Gasteiger partial charge in [0.1, 0.15) is 5.82 Å². The van der Waals surface area contributed by atoms with Crippen LogP contribution in [0.5, 0.6) is 0 Å². The van der Waals surface area contributed by atoms with E-state index in [1.165, 1.54) is 12.1 Å². The summed E-state index contributed by atoms with van der Waals surface area (Å²) in [5.74, 6) is -0.00612. The van der Waals surface area contributed by atoms with Gasteiger partial charge in [-0.2, -0.15) is 0 Å². The molecule has 0 unspecified atom stereocenters. The number of aromatic nitrogens is 1. The van der Waals surface area contributed by atoms with E-state index in [1.807, 2.05) is 6.20 Å². The second-order valence-corrected chi connectivity index (χ2v) is 4.90. The number of hydrogen-bond donors (Lipinski definition) is 3. The summed E-state index contributed by atoms with van der Waals surface area (Å²) in [5, 5.41) is 7.02. The van der Waals surface area contributed by atoms with E-state index < -0.39 is 0 Å². The van der Waals surface area contributed by atoms with Crippen LogP contribution in [0.15, 0.2) is 24.4 Å². The average molecular weight is 261 g/mol. The smallest absolute Gasteiger partial charge is 0.225 e. The summed E-state index contributed by atoms with van der Waals surface area (Å²) in [4.78, 5) is 14.7. The standard InChI is InChI=1S/C14H16FN3O/c15-11-1-2-12-9(8-18-13(12)5-11)3-4-17-14(19)10-6-16-7-10/h1-2,5,8,10,16,18H,3-4,6-7H2,(H,17,19). The summed E-state index contributed by atoms with van der Waals surface area (Å²) in [6, 6.07) is 4.71. The normalized spacial score (nSPS) is 15.4. The van der Waals surface area contributed by atoms with Crippen molar-refractivity contribution in [3.05, 3.63) is 35.8 Å². The summed E-state index contributed by atoms with van der Waals surface area (Å²) in [6.45, 7) is 2.16. The van der Waals surface area contributed by atoms with Crippen molar-refractivity contribution in [1.82, 2.24) is 15.6 Å². The molecule has 3 rings (SSSR count). The molecular formula is C14H16FN3O. The van der Waals surface area contributed by atoms with Crippen molar-refractivity contribution in [2.45, 2.75) is 6.42 Å². The van der Waals surface area contributed by atoms with E-state index in [-0.39, 0.29) is 17.6 Å². The summed E-state index contributed by atoms with van der Waals surface area (Å²) >= 11 is 0. The molecule has 0 saturated carbocycles. The van der Waals surface area contributed by atoms with Crippen molar-refractivity contribution in [3.8, 4) is 0 Å². The first-order valence-electron chi connectivity index (χ1n) is 6.48. The molecule has 1 aromatic heterocycles. The summed E-state index contributed by atoms with van der Waals surface area (Å²) in [6.07, 6.45) is 2.62. The number of H-pyrrole nitrogens is 1. The van der Waals surface area contributed by atoms with Crippen LogP contribution in [0.4, 0.5) is 4.39 Å². The van der Waals surface area contributed by atoms with Gasteiger partial charge in [-0.15, -0.1) is 0 Å². The van der Waals surface area contributed by atoms with E-state index in [1.54, 1.807) is 6.07 Å². The molecule has 2 heterocycles. The lowest BCUT2D eigenvalue weighted by Gasteiger charge is -2.25. The monoisotopic (exact) mass is 261 g/mol. The summed E-state index contributed by atoms with van der Waals surface area (Å²) < 4.78 is 13.1. The molecule has 0 aliphatic carbocycles. The van der Waals surface area contributed by atoms with Gasteiger partial charge >= 0.3 is 0 Å². The Bertz CT molecular complexity index is 604. The molecule has 3 N–H and O–H groups in total. The maximum absolute atomic E-state index is 13.1. The fourth-order valence-electron chi connectivity index (χ4n) is 2.30.